The summed E-state index contributed by atoms with van der Waals surface area (Å²) in [6.45, 7) is 15.0. The van der Waals surface area contributed by atoms with Gasteiger partial charge in [0.15, 0.2) is 0 Å². The Bertz CT molecular complexity index is 404. The average Bonchev–Trinajstić information content (AvgIpc) is 2.27. The standard InChI is InChI=1S/C16H25N/c1-6-17-10-14-9-13(12(2)3)7-8-15(14)16(4,5)11-17/h7-9,12H,6,10-11H2,1-5H3. The van der Waals surface area contributed by atoms with E-state index in [2.05, 4.69) is 57.7 Å². The van der Waals surface area contributed by atoms with Gasteiger partial charge in [0.05, 0.1) is 0 Å². The van der Waals surface area contributed by atoms with Crippen LogP contribution < -0.4 is 0 Å². The van der Waals surface area contributed by atoms with Crippen molar-refractivity contribution >= 4 is 0 Å². The monoisotopic (exact) mass is 231 g/mol. The van der Waals surface area contributed by atoms with Gasteiger partial charge in [-0.1, -0.05) is 52.8 Å². The Hall–Kier alpha value is -0.820. The predicted octanol–water partition coefficient (Wildman–Crippen LogP) is 3.92. The fourth-order valence-corrected chi connectivity index (χ4v) is 2.93. The number of nitrogens with zero attached hydrogens (tertiary/aromatic N) is 1. The van der Waals surface area contributed by atoms with Crippen molar-refractivity contribution in [3.63, 3.8) is 0 Å². The zero-order valence-corrected chi connectivity index (χ0v) is 11.9. The van der Waals surface area contributed by atoms with Crippen LogP contribution in [0.25, 0.3) is 0 Å². The lowest BCUT2D eigenvalue weighted by Crippen LogP contribution is -2.41. The minimum absolute atomic E-state index is 0.291. The molecule has 0 amide bonds. The number of hydrogen-bond acceptors (Lipinski definition) is 1. The molecule has 1 aliphatic heterocycles. The van der Waals surface area contributed by atoms with E-state index in [1.165, 1.54) is 17.7 Å². The van der Waals surface area contributed by atoms with Crippen LogP contribution in [0.2, 0.25) is 0 Å². The molecule has 1 aromatic carbocycles. The summed E-state index contributed by atoms with van der Waals surface area (Å²) in [6, 6.07) is 7.09. The summed E-state index contributed by atoms with van der Waals surface area (Å²) < 4.78 is 0. The first-order chi connectivity index (χ1) is 7.94. The molecule has 0 aliphatic carbocycles. The molecule has 0 saturated carbocycles. The molecule has 0 atom stereocenters. The normalized spacial score (nSPS) is 19.4. The second-order valence-corrected chi connectivity index (χ2v) is 6.26. The van der Waals surface area contributed by atoms with Crippen LogP contribution in [0.3, 0.4) is 0 Å². The SMILES string of the molecule is CCN1Cc2cc(C(C)C)ccc2C(C)(C)C1. The van der Waals surface area contributed by atoms with Gasteiger partial charge in [0.2, 0.25) is 0 Å². The molecule has 1 aliphatic rings. The smallest absolute Gasteiger partial charge is 0.0237 e. The Morgan fingerprint density at radius 2 is 2.00 bits per heavy atom. The van der Waals surface area contributed by atoms with Crippen molar-refractivity contribution in [2.45, 2.75) is 52.5 Å². The van der Waals surface area contributed by atoms with Gasteiger partial charge in [0.25, 0.3) is 0 Å². The Morgan fingerprint density at radius 3 is 2.59 bits per heavy atom. The number of fused-ring (bicyclic) bond motifs is 1. The molecule has 1 aromatic rings. The van der Waals surface area contributed by atoms with Crippen LogP contribution in [0.1, 0.15) is 57.2 Å². The van der Waals surface area contributed by atoms with Gasteiger partial charge < -0.3 is 0 Å². The summed E-state index contributed by atoms with van der Waals surface area (Å²) in [6.07, 6.45) is 0. The summed E-state index contributed by atoms with van der Waals surface area (Å²) >= 11 is 0. The van der Waals surface area contributed by atoms with E-state index in [4.69, 9.17) is 0 Å². The highest BCUT2D eigenvalue weighted by Crippen LogP contribution is 2.34. The van der Waals surface area contributed by atoms with Crippen molar-refractivity contribution in [3.8, 4) is 0 Å². The molecule has 17 heavy (non-hydrogen) atoms. The Labute approximate surface area is 106 Å². The van der Waals surface area contributed by atoms with E-state index in [1.807, 2.05) is 0 Å². The van der Waals surface area contributed by atoms with Crippen molar-refractivity contribution in [2.75, 3.05) is 13.1 Å². The molecule has 0 aromatic heterocycles. The first-order valence-corrected chi connectivity index (χ1v) is 6.79. The fourth-order valence-electron chi connectivity index (χ4n) is 2.93. The number of hydrogen-bond donors (Lipinski definition) is 0. The number of likely N-dealkylation sites (N-methyl/N-ethyl adjacent to an activating group) is 1. The Morgan fingerprint density at radius 1 is 1.29 bits per heavy atom. The topological polar surface area (TPSA) is 3.24 Å². The predicted molar refractivity (Wildman–Crippen MR) is 74.5 cm³/mol. The molecule has 1 heterocycles. The van der Waals surface area contributed by atoms with Gasteiger partial charge in [-0.3, -0.25) is 4.90 Å². The highest BCUT2D eigenvalue weighted by Gasteiger charge is 2.30. The van der Waals surface area contributed by atoms with E-state index < -0.39 is 0 Å². The van der Waals surface area contributed by atoms with E-state index in [1.54, 1.807) is 5.56 Å². The largest absolute Gasteiger partial charge is 0.298 e. The summed E-state index contributed by atoms with van der Waals surface area (Å²) in [4.78, 5) is 2.55. The van der Waals surface area contributed by atoms with Crippen molar-refractivity contribution < 1.29 is 0 Å². The molecular formula is C16H25N. The molecule has 0 fully saturated rings. The highest BCUT2D eigenvalue weighted by molar-refractivity contribution is 5.39. The molecule has 1 heteroatoms. The van der Waals surface area contributed by atoms with Gasteiger partial charge in [-0.05, 0) is 29.2 Å². The van der Waals surface area contributed by atoms with Gasteiger partial charge in [-0.25, -0.2) is 0 Å². The van der Waals surface area contributed by atoms with E-state index >= 15 is 0 Å². The molecule has 0 bridgehead atoms. The molecular weight excluding hydrogens is 206 g/mol. The van der Waals surface area contributed by atoms with E-state index in [9.17, 15) is 0 Å². The molecule has 2 rings (SSSR count). The first-order valence-electron chi connectivity index (χ1n) is 6.79. The second kappa shape index (κ2) is 4.45. The highest BCUT2D eigenvalue weighted by atomic mass is 15.1. The van der Waals surface area contributed by atoms with Crippen LogP contribution in [0.4, 0.5) is 0 Å². The van der Waals surface area contributed by atoms with Gasteiger partial charge in [-0.15, -0.1) is 0 Å². The maximum atomic E-state index is 2.55. The number of rotatable bonds is 2. The van der Waals surface area contributed by atoms with Gasteiger partial charge in [0.1, 0.15) is 0 Å². The van der Waals surface area contributed by atoms with Crippen molar-refractivity contribution in [1.29, 1.82) is 0 Å². The van der Waals surface area contributed by atoms with Crippen molar-refractivity contribution in [2.24, 2.45) is 0 Å². The minimum atomic E-state index is 0.291. The minimum Gasteiger partial charge on any atom is -0.298 e. The lowest BCUT2D eigenvalue weighted by molar-refractivity contribution is 0.203. The lowest BCUT2D eigenvalue weighted by atomic mass is 9.77. The summed E-state index contributed by atoms with van der Waals surface area (Å²) in [5.41, 5.74) is 4.84. The molecule has 0 N–H and O–H groups in total. The Balaban J connectivity index is 2.43. The second-order valence-electron chi connectivity index (χ2n) is 6.26. The Kier molecular flexibility index (Phi) is 3.31. The van der Waals surface area contributed by atoms with Gasteiger partial charge >= 0.3 is 0 Å². The van der Waals surface area contributed by atoms with E-state index in [0.29, 0.717) is 11.3 Å². The van der Waals surface area contributed by atoms with E-state index in [-0.39, 0.29) is 0 Å². The molecule has 94 valence electrons. The van der Waals surface area contributed by atoms with Crippen LogP contribution in [-0.2, 0) is 12.0 Å². The van der Waals surface area contributed by atoms with Crippen LogP contribution in [0.5, 0.6) is 0 Å². The third-order valence-corrected chi connectivity index (χ3v) is 3.99. The lowest BCUT2D eigenvalue weighted by Gasteiger charge is -2.40. The van der Waals surface area contributed by atoms with Gasteiger partial charge in [-0.2, -0.15) is 0 Å². The van der Waals surface area contributed by atoms with Crippen LogP contribution in [0.15, 0.2) is 18.2 Å². The molecule has 0 spiro atoms. The number of benzene rings is 1. The van der Waals surface area contributed by atoms with Crippen LogP contribution in [-0.4, -0.2) is 18.0 Å². The first kappa shape index (κ1) is 12.6. The van der Waals surface area contributed by atoms with E-state index in [0.717, 1.165) is 13.1 Å². The molecule has 0 unspecified atom stereocenters. The zero-order valence-electron chi connectivity index (χ0n) is 11.9. The van der Waals surface area contributed by atoms with Crippen LogP contribution >= 0.6 is 0 Å². The van der Waals surface area contributed by atoms with Crippen LogP contribution in [0, 0.1) is 0 Å². The maximum Gasteiger partial charge on any atom is 0.0237 e. The summed E-state index contributed by atoms with van der Waals surface area (Å²) in [5, 5.41) is 0. The summed E-state index contributed by atoms with van der Waals surface area (Å²) in [5.74, 6) is 0.625. The summed E-state index contributed by atoms with van der Waals surface area (Å²) in [7, 11) is 0. The zero-order chi connectivity index (χ0) is 12.6. The maximum absolute atomic E-state index is 2.55. The van der Waals surface area contributed by atoms with Crippen molar-refractivity contribution in [1.82, 2.24) is 4.90 Å². The third kappa shape index (κ3) is 2.40. The quantitative estimate of drug-likeness (QED) is 0.745. The average molecular weight is 231 g/mol. The van der Waals surface area contributed by atoms with Crippen molar-refractivity contribution in [3.05, 3.63) is 34.9 Å². The molecule has 0 saturated heterocycles. The fraction of sp³-hybridized carbons (Fsp3) is 0.625. The third-order valence-electron chi connectivity index (χ3n) is 3.99. The molecule has 0 radical (unpaired) electrons. The molecule has 1 nitrogen and oxygen atoms in total. The van der Waals surface area contributed by atoms with Gasteiger partial charge in [0, 0.05) is 18.5 Å².